The van der Waals surface area contributed by atoms with Crippen molar-refractivity contribution < 1.29 is 8.42 Å². The van der Waals surface area contributed by atoms with Gasteiger partial charge in [0.2, 0.25) is 0 Å². The Balaban J connectivity index is 2.13. The van der Waals surface area contributed by atoms with E-state index < -0.39 is 9.84 Å². The monoisotopic (exact) mass is 332 g/mol. The predicted octanol–water partition coefficient (Wildman–Crippen LogP) is 4.04. The van der Waals surface area contributed by atoms with Gasteiger partial charge in [-0.25, -0.2) is 8.42 Å². The van der Waals surface area contributed by atoms with Crippen LogP contribution in [0.25, 0.3) is 10.9 Å². The molecule has 4 nitrogen and oxygen atoms in total. The number of hydrogen-bond donors (Lipinski definition) is 1. The van der Waals surface area contributed by atoms with Crippen molar-refractivity contribution >= 4 is 43.7 Å². The molecule has 2 aromatic carbocycles. The minimum atomic E-state index is -3.27. The maximum atomic E-state index is 11.7. The summed E-state index contributed by atoms with van der Waals surface area (Å²) in [6, 6.07) is 14.0. The van der Waals surface area contributed by atoms with Crippen molar-refractivity contribution in [2.24, 2.45) is 0 Å². The highest BCUT2D eigenvalue weighted by molar-refractivity contribution is 7.90. The first-order chi connectivity index (χ1) is 10.4. The van der Waals surface area contributed by atoms with Gasteiger partial charge in [0.15, 0.2) is 9.84 Å². The summed E-state index contributed by atoms with van der Waals surface area (Å²) < 4.78 is 23.5. The number of benzene rings is 2. The van der Waals surface area contributed by atoms with Crippen molar-refractivity contribution in [3.05, 3.63) is 59.8 Å². The van der Waals surface area contributed by atoms with E-state index in [0.717, 1.165) is 22.3 Å². The lowest BCUT2D eigenvalue weighted by Crippen LogP contribution is -1.98. The van der Waals surface area contributed by atoms with Crippen LogP contribution in [0.1, 0.15) is 0 Å². The summed E-state index contributed by atoms with van der Waals surface area (Å²) in [4.78, 5) is 4.53. The molecule has 0 amide bonds. The van der Waals surface area contributed by atoms with E-state index in [-0.39, 0.29) is 4.90 Å². The second-order valence-corrected chi connectivity index (χ2v) is 7.40. The minimum Gasteiger partial charge on any atom is -0.355 e. The molecule has 3 aromatic rings. The molecular weight excluding hydrogens is 320 g/mol. The Morgan fingerprint density at radius 3 is 2.64 bits per heavy atom. The molecule has 6 heteroatoms. The number of hydrogen-bond acceptors (Lipinski definition) is 4. The van der Waals surface area contributed by atoms with E-state index in [2.05, 4.69) is 10.3 Å². The van der Waals surface area contributed by atoms with Gasteiger partial charge in [-0.05, 0) is 42.5 Å². The molecule has 22 heavy (non-hydrogen) atoms. The van der Waals surface area contributed by atoms with Crippen molar-refractivity contribution in [2.75, 3.05) is 11.6 Å². The molecule has 3 rings (SSSR count). The van der Waals surface area contributed by atoms with Crippen LogP contribution in [0.3, 0.4) is 0 Å². The van der Waals surface area contributed by atoms with Gasteiger partial charge < -0.3 is 5.32 Å². The molecule has 0 saturated heterocycles. The number of anilines is 2. The molecule has 0 fully saturated rings. The largest absolute Gasteiger partial charge is 0.355 e. The van der Waals surface area contributed by atoms with E-state index in [0.29, 0.717) is 5.02 Å². The normalized spacial score (nSPS) is 11.5. The van der Waals surface area contributed by atoms with Gasteiger partial charge >= 0.3 is 0 Å². The second kappa shape index (κ2) is 5.59. The van der Waals surface area contributed by atoms with Crippen LogP contribution in [0.5, 0.6) is 0 Å². The van der Waals surface area contributed by atoms with E-state index >= 15 is 0 Å². The third-order valence-corrected chi connectivity index (χ3v) is 4.59. The van der Waals surface area contributed by atoms with E-state index in [1.54, 1.807) is 42.6 Å². The van der Waals surface area contributed by atoms with Gasteiger partial charge in [-0.1, -0.05) is 17.7 Å². The van der Waals surface area contributed by atoms with Gasteiger partial charge in [0.05, 0.1) is 10.4 Å². The van der Waals surface area contributed by atoms with Crippen LogP contribution < -0.4 is 5.32 Å². The van der Waals surface area contributed by atoms with E-state index in [9.17, 15) is 8.42 Å². The Hall–Kier alpha value is -2.11. The van der Waals surface area contributed by atoms with Crippen LogP contribution >= 0.6 is 11.6 Å². The van der Waals surface area contributed by atoms with Gasteiger partial charge in [-0.15, -0.1) is 0 Å². The molecule has 0 spiro atoms. The fourth-order valence-corrected chi connectivity index (χ4v) is 3.02. The molecule has 0 radical (unpaired) electrons. The highest BCUT2D eigenvalue weighted by atomic mass is 35.5. The van der Waals surface area contributed by atoms with E-state index in [1.807, 2.05) is 12.1 Å². The lowest BCUT2D eigenvalue weighted by molar-refractivity contribution is 0.602. The number of halogens is 1. The first-order valence-electron chi connectivity index (χ1n) is 6.55. The standard InChI is InChI=1S/C16H13ClN2O2S/c1-22(20,21)13-5-6-15-14(10-13)16(7-8-18-15)19-12-4-2-3-11(17)9-12/h2-10H,1H3,(H,18,19). The highest BCUT2D eigenvalue weighted by Gasteiger charge is 2.10. The number of rotatable bonds is 3. The Bertz CT molecular complexity index is 955. The number of aromatic nitrogens is 1. The van der Waals surface area contributed by atoms with Gasteiger partial charge in [0.25, 0.3) is 0 Å². The van der Waals surface area contributed by atoms with Gasteiger partial charge in [0.1, 0.15) is 0 Å². The molecule has 1 aromatic heterocycles. The number of nitrogens with zero attached hydrogens (tertiary/aromatic N) is 1. The molecule has 0 saturated carbocycles. The summed E-state index contributed by atoms with van der Waals surface area (Å²) in [6.07, 6.45) is 2.87. The Morgan fingerprint density at radius 1 is 1.09 bits per heavy atom. The first kappa shape index (κ1) is 14.8. The van der Waals surface area contributed by atoms with Crippen LogP contribution in [0.2, 0.25) is 5.02 Å². The molecule has 0 unspecified atom stereocenters. The summed E-state index contributed by atoms with van der Waals surface area (Å²) in [6.45, 7) is 0. The molecule has 0 aliphatic carbocycles. The molecule has 1 heterocycles. The van der Waals surface area contributed by atoms with Crippen molar-refractivity contribution in [2.45, 2.75) is 4.90 Å². The van der Waals surface area contributed by atoms with Crippen LogP contribution in [-0.4, -0.2) is 19.7 Å². The molecule has 0 aliphatic rings. The summed E-state index contributed by atoms with van der Waals surface area (Å²) >= 11 is 5.98. The number of nitrogens with one attached hydrogen (secondary N) is 1. The van der Waals surface area contributed by atoms with Crippen LogP contribution in [0.4, 0.5) is 11.4 Å². The molecule has 0 atom stereocenters. The smallest absolute Gasteiger partial charge is 0.175 e. The maximum Gasteiger partial charge on any atom is 0.175 e. The number of sulfone groups is 1. The zero-order valence-electron chi connectivity index (χ0n) is 11.7. The van der Waals surface area contributed by atoms with Crippen molar-refractivity contribution in [1.82, 2.24) is 4.98 Å². The molecule has 0 aliphatic heterocycles. The third-order valence-electron chi connectivity index (χ3n) is 3.24. The zero-order chi connectivity index (χ0) is 15.7. The quantitative estimate of drug-likeness (QED) is 0.786. The summed E-state index contributed by atoms with van der Waals surface area (Å²) in [7, 11) is -3.27. The van der Waals surface area contributed by atoms with Crippen LogP contribution in [-0.2, 0) is 9.84 Å². The van der Waals surface area contributed by atoms with Gasteiger partial charge in [0, 0.05) is 34.2 Å². The lowest BCUT2D eigenvalue weighted by atomic mass is 10.2. The average molecular weight is 333 g/mol. The molecular formula is C16H13ClN2O2S. The van der Waals surface area contributed by atoms with E-state index in [1.165, 1.54) is 6.26 Å². The van der Waals surface area contributed by atoms with Crippen LogP contribution in [0, 0.1) is 0 Å². The Kier molecular flexibility index (Phi) is 3.76. The van der Waals surface area contributed by atoms with Crippen molar-refractivity contribution in [3.8, 4) is 0 Å². The Morgan fingerprint density at radius 2 is 1.91 bits per heavy atom. The van der Waals surface area contributed by atoms with Gasteiger partial charge in [-0.3, -0.25) is 4.98 Å². The predicted molar refractivity (Wildman–Crippen MR) is 89.6 cm³/mol. The first-order valence-corrected chi connectivity index (χ1v) is 8.82. The van der Waals surface area contributed by atoms with Gasteiger partial charge in [-0.2, -0.15) is 0 Å². The zero-order valence-corrected chi connectivity index (χ0v) is 13.3. The lowest BCUT2D eigenvalue weighted by Gasteiger charge is -2.10. The summed E-state index contributed by atoms with van der Waals surface area (Å²) in [5.74, 6) is 0. The SMILES string of the molecule is CS(=O)(=O)c1ccc2nccc(Nc3cccc(Cl)c3)c2c1. The second-order valence-electron chi connectivity index (χ2n) is 4.94. The molecule has 112 valence electrons. The fourth-order valence-electron chi connectivity index (χ4n) is 2.19. The van der Waals surface area contributed by atoms with Crippen LogP contribution in [0.15, 0.2) is 59.6 Å². The minimum absolute atomic E-state index is 0.266. The molecule has 0 bridgehead atoms. The van der Waals surface area contributed by atoms with Crippen molar-refractivity contribution in [3.63, 3.8) is 0 Å². The molecule has 1 N–H and O–H groups in total. The maximum absolute atomic E-state index is 11.7. The fraction of sp³-hybridized carbons (Fsp3) is 0.0625. The highest BCUT2D eigenvalue weighted by Crippen LogP contribution is 2.28. The number of pyridine rings is 1. The van der Waals surface area contributed by atoms with E-state index in [4.69, 9.17) is 11.6 Å². The number of fused-ring (bicyclic) bond motifs is 1. The Labute approximate surface area is 133 Å². The topological polar surface area (TPSA) is 59.1 Å². The summed E-state index contributed by atoms with van der Waals surface area (Å²) in [5, 5.41) is 4.61. The van der Waals surface area contributed by atoms with Crippen molar-refractivity contribution in [1.29, 1.82) is 0 Å². The summed E-state index contributed by atoms with van der Waals surface area (Å²) in [5.41, 5.74) is 2.32. The third kappa shape index (κ3) is 3.05. The average Bonchev–Trinajstić information content (AvgIpc) is 2.46.